The van der Waals surface area contributed by atoms with Gasteiger partial charge in [-0.1, -0.05) is 0 Å². The lowest BCUT2D eigenvalue weighted by atomic mass is 9.79. The van der Waals surface area contributed by atoms with E-state index in [0.29, 0.717) is 45.4 Å². The Bertz CT molecular complexity index is 307. The molecule has 21 heavy (non-hydrogen) atoms. The Labute approximate surface area is 124 Å². The zero-order chi connectivity index (χ0) is 15.7. The minimum absolute atomic E-state index is 0.125. The molecule has 1 rings (SSSR count). The summed E-state index contributed by atoms with van der Waals surface area (Å²) in [6.07, 6.45) is -0.173. The van der Waals surface area contributed by atoms with Gasteiger partial charge < -0.3 is 19.9 Å². The lowest BCUT2D eigenvalue weighted by Crippen LogP contribution is -2.45. The number of nitrogens with one attached hydrogen (secondary N) is 1. The second-order valence-corrected chi connectivity index (χ2v) is 5.39. The summed E-state index contributed by atoms with van der Waals surface area (Å²) in [4.78, 5) is 11.6. The number of hydrogen-bond acceptors (Lipinski definition) is 5. The molecule has 1 aliphatic rings. The van der Waals surface area contributed by atoms with Crippen LogP contribution in [0.2, 0.25) is 0 Å². The highest BCUT2D eigenvalue weighted by Gasteiger charge is 2.35. The van der Waals surface area contributed by atoms with Gasteiger partial charge in [-0.25, -0.2) is 8.78 Å². The maximum atomic E-state index is 11.8. The smallest absolute Gasteiger partial charge is 0.308 e. The highest BCUT2D eigenvalue weighted by Crippen LogP contribution is 2.32. The van der Waals surface area contributed by atoms with Gasteiger partial charge in [0.15, 0.2) is 0 Å². The van der Waals surface area contributed by atoms with Crippen molar-refractivity contribution < 1.29 is 28.2 Å². The largest absolute Gasteiger partial charge is 0.466 e. The van der Waals surface area contributed by atoms with E-state index in [0.717, 1.165) is 0 Å². The number of aliphatic hydroxyl groups is 1. The van der Waals surface area contributed by atoms with Crippen molar-refractivity contribution in [2.24, 2.45) is 5.92 Å². The Hall–Kier alpha value is -0.790. The predicted molar refractivity (Wildman–Crippen MR) is 73.2 cm³/mol. The fourth-order valence-corrected chi connectivity index (χ4v) is 2.47. The molecule has 0 aromatic carbocycles. The number of carbonyl (C=O) groups excluding carboxylic acids is 1. The Kier molecular flexibility index (Phi) is 8.06. The van der Waals surface area contributed by atoms with Crippen LogP contribution in [0.15, 0.2) is 0 Å². The molecule has 0 aromatic rings. The van der Waals surface area contributed by atoms with Crippen molar-refractivity contribution in [1.29, 1.82) is 0 Å². The summed E-state index contributed by atoms with van der Waals surface area (Å²) in [5.74, 6) is -0.312. The third-order valence-corrected chi connectivity index (χ3v) is 3.66. The van der Waals surface area contributed by atoms with Crippen molar-refractivity contribution in [2.45, 2.75) is 44.6 Å². The van der Waals surface area contributed by atoms with Gasteiger partial charge in [-0.15, -0.1) is 0 Å². The SMILES string of the molecule is CCOC(=O)C1CCC(O)(CNCCOCC(F)F)CC1. The highest BCUT2D eigenvalue weighted by molar-refractivity contribution is 5.72. The summed E-state index contributed by atoms with van der Waals surface area (Å²) in [6, 6.07) is 0. The number of hydrogen-bond donors (Lipinski definition) is 2. The quantitative estimate of drug-likeness (QED) is 0.497. The van der Waals surface area contributed by atoms with Crippen LogP contribution in [0, 0.1) is 5.92 Å². The van der Waals surface area contributed by atoms with E-state index in [9.17, 15) is 18.7 Å². The highest BCUT2D eigenvalue weighted by atomic mass is 19.3. The second kappa shape index (κ2) is 9.27. The van der Waals surface area contributed by atoms with Crippen LogP contribution in [0.1, 0.15) is 32.6 Å². The van der Waals surface area contributed by atoms with Crippen molar-refractivity contribution in [2.75, 3.05) is 32.9 Å². The number of alkyl halides is 2. The van der Waals surface area contributed by atoms with E-state index in [-0.39, 0.29) is 18.5 Å². The van der Waals surface area contributed by atoms with Crippen molar-refractivity contribution in [3.8, 4) is 0 Å². The molecule has 0 aliphatic heterocycles. The summed E-state index contributed by atoms with van der Waals surface area (Å²) in [5, 5.41) is 13.4. The van der Waals surface area contributed by atoms with Crippen molar-refractivity contribution in [3.63, 3.8) is 0 Å². The lowest BCUT2D eigenvalue weighted by Gasteiger charge is -2.35. The van der Waals surface area contributed by atoms with E-state index in [1.165, 1.54) is 0 Å². The Morgan fingerprint density at radius 1 is 1.43 bits per heavy atom. The summed E-state index contributed by atoms with van der Waals surface area (Å²) < 4.78 is 33.4. The van der Waals surface area contributed by atoms with Gasteiger partial charge in [0.1, 0.15) is 6.61 Å². The van der Waals surface area contributed by atoms with E-state index in [2.05, 4.69) is 5.32 Å². The third-order valence-electron chi connectivity index (χ3n) is 3.66. The van der Waals surface area contributed by atoms with Crippen LogP contribution >= 0.6 is 0 Å². The maximum Gasteiger partial charge on any atom is 0.308 e. The van der Waals surface area contributed by atoms with Gasteiger partial charge in [-0.2, -0.15) is 0 Å². The molecule has 0 atom stereocenters. The Balaban J connectivity index is 2.14. The van der Waals surface area contributed by atoms with Gasteiger partial charge in [0.2, 0.25) is 0 Å². The average Bonchev–Trinajstić information content (AvgIpc) is 2.43. The van der Waals surface area contributed by atoms with Gasteiger partial charge >= 0.3 is 5.97 Å². The van der Waals surface area contributed by atoms with Crippen LogP contribution in [0.3, 0.4) is 0 Å². The normalized spacial score (nSPS) is 26.0. The molecule has 7 heteroatoms. The third kappa shape index (κ3) is 7.15. The summed E-state index contributed by atoms with van der Waals surface area (Å²) in [7, 11) is 0. The zero-order valence-electron chi connectivity index (χ0n) is 12.4. The summed E-state index contributed by atoms with van der Waals surface area (Å²) in [5.41, 5.74) is -0.842. The molecular weight excluding hydrogens is 284 g/mol. The van der Waals surface area contributed by atoms with Gasteiger partial charge in [-0.05, 0) is 32.6 Å². The molecule has 5 nitrogen and oxygen atoms in total. The standard InChI is InChI=1S/C14H25F2NO4/c1-2-21-13(18)11-3-5-14(19,6-4-11)10-17-7-8-20-9-12(15)16/h11-12,17,19H,2-10H2,1H3. The predicted octanol–water partition coefficient (Wildman–Crippen LogP) is 1.34. The first-order valence-electron chi connectivity index (χ1n) is 7.42. The minimum atomic E-state index is -2.45. The van der Waals surface area contributed by atoms with Gasteiger partial charge in [0, 0.05) is 13.1 Å². The first-order chi connectivity index (χ1) is 9.97. The molecule has 0 unspecified atom stereocenters. The number of ether oxygens (including phenoxy) is 2. The van der Waals surface area contributed by atoms with E-state index < -0.39 is 18.6 Å². The van der Waals surface area contributed by atoms with E-state index in [4.69, 9.17) is 9.47 Å². The molecule has 0 spiro atoms. The molecule has 0 amide bonds. The summed E-state index contributed by atoms with van der Waals surface area (Å²) >= 11 is 0. The topological polar surface area (TPSA) is 67.8 Å². The van der Waals surface area contributed by atoms with Crippen molar-refractivity contribution >= 4 is 5.97 Å². The minimum Gasteiger partial charge on any atom is -0.466 e. The maximum absolute atomic E-state index is 11.8. The molecule has 1 aliphatic carbocycles. The average molecular weight is 309 g/mol. The van der Waals surface area contributed by atoms with Crippen LogP contribution in [0.4, 0.5) is 8.78 Å². The molecule has 0 bridgehead atoms. The van der Waals surface area contributed by atoms with E-state index >= 15 is 0 Å². The zero-order valence-corrected chi connectivity index (χ0v) is 12.4. The first-order valence-corrected chi connectivity index (χ1v) is 7.42. The Morgan fingerprint density at radius 2 is 2.10 bits per heavy atom. The van der Waals surface area contributed by atoms with Crippen LogP contribution in [0.5, 0.6) is 0 Å². The fraction of sp³-hybridized carbons (Fsp3) is 0.929. The van der Waals surface area contributed by atoms with Gasteiger partial charge in [-0.3, -0.25) is 4.79 Å². The first kappa shape index (κ1) is 18.3. The Morgan fingerprint density at radius 3 is 2.67 bits per heavy atom. The van der Waals surface area contributed by atoms with E-state index in [1.54, 1.807) is 6.92 Å². The van der Waals surface area contributed by atoms with E-state index in [1.807, 2.05) is 0 Å². The molecule has 0 saturated heterocycles. The molecule has 0 aromatic heterocycles. The number of rotatable bonds is 9. The second-order valence-electron chi connectivity index (χ2n) is 5.39. The molecule has 1 saturated carbocycles. The fourth-order valence-electron chi connectivity index (χ4n) is 2.47. The number of carbonyl (C=O) groups is 1. The van der Waals surface area contributed by atoms with Crippen LogP contribution < -0.4 is 5.32 Å². The van der Waals surface area contributed by atoms with Crippen LogP contribution in [-0.2, 0) is 14.3 Å². The van der Waals surface area contributed by atoms with Crippen molar-refractivity contribution in [3.05, 3.63) is 0 Å². The molecule has 0 radical (unpaired) electrons. The molecule has 2 N–H and O–H groups in total. The monoisotopic (exact) mass is 309 g/mol. The molecule has 0 heterocycles. The van der Waals surface area contributed by atoms with Gasteiger partial charge in [0.05, 0.1) is 24.7 Å². The molecule has 124 valence electrons. The molecule has 1 fully saturated rings. The van der Waals surface area contributed by atoms with Crippen molar-refractivity contribution in [1.82, 2.24) is 5.32 Å². The number of halogens is 2. The van der Waals surface area contributed by atoms with Crippen LogP contribution in [0.25, 0.3) is 0 Å². The van der Waals surface area contributed by atoms with Gasteiger partial charge in [0.25, 0.3) is 6.43 Å². The molecular formula is C14H25F2NO4. The summed E-state index contributed by atoms with van der Waals surface area (Å²) in [6.45, 7) is 2.56. The number of esters is 1. The van der Waals surface area contributed by atoms with Crippen LogP contribution in [-0.4, -0.2) is 56.0 Å². The lowest BCUT2D eigenvalue weighted by molar-refractivity contribution is -0.151.